The number of hydrogen-bond donors (Lipinski definition) is 1. The molecule has 0 bridgehead atoms. The molecule has 2 aromatic carbocycles. The van der Waals surface area contributed by atoms with Gasteiger partial charge in [0.2, 0.25) is 0 Å². The SMILES string of the molecule is COC(=O)c1ccc(NC(=O)COC(=O)c2cc(SC)ccc2Cl)cc1. The maximum Gasteiger partial charge on any atom is 0.340 e. The van der Waals surface area contributed by atoms with E-state index in [4.69, 9.17) is 16.3 Å². The second-order valence-corrected chi connectivity index (χ2v) is 6.33. The van der Waals surface area contributed by atoms with Crippen LogP contribution in [0.3, 0.4) is 0 Å². The minimum absolute atomic E-state index is 0.203. The van der Waals surface area contributed by atoms with E-state index in [1.807, 2.05) is 6.26 Å². The van der Waals surface area contributed by atoms with E-state index in [1.54, 1.807) is 30.3 Å². The second-order valence-electron chi connectivity index (χ2n) is 5.04. The predicted octanol–water partition coefficient (Wildman–Crippen LogP) is 3.64. The van der Waals surface area contributed by atoms with Gasteiger partial charge in [0.25, 0.3) is 5.91 Å². The van der Waals surface area contributed by atoms with Gasteiger partial charge in [0.1, 0.15) is 0 Å². The Morgan fingerprint density at radius 2 is 1.77 bits per heavy atom. The monoisotopic (exact) mass is 393 g/mol. The topological polar surface area (TPSA) is 81.7 Å². The first-order chi connectivity index (χ1) is 12.4. The Kier molecular flexibility index (Phi) is 7.06. The van der Waals surface area contributed by atoms with E-state index in [0.717, 1.165) is 4.90 Å². The molecule has 0 fully saturated rings. The molecule has 0 radical (unpaired) electrons. The number of benzene rings is 2. The van der Waals surface area contributed by atoms with E-state index in [0.29, 0.717) is 11.3 Å². The van der Waals surface area contributed by atoms with Crippen LogP contribution in [0.5, 0.6) is 0 Å². The maximum atomic E-state index is 12.1. The van der Waals surface area contributed by atoms with E-state index in [2.05, 4.69) is 10.1 Å². The third-order valence-electron chi connectivity index (χ3n) is 3.32. The summed E-state index contributed by atoms with van der Waals surface area (Å²) in [5, 5.41) is 2.82. The zero-order valence-corrected chi connectivity index (χ0v) is 15.6. The van der Waals surface area contributed by atoms with Gasteiger partial charge in [-0.3, -0.25) is 4.79 Å². The largest absolute Gasteiger partial charge is 0.465 e. The summed E-state index contributed by atoms with van der Waals surface area (Å²) in [7, 11) is 1.29. The van der Waals surface area contributed by atoms with Crippen molar-refractivity contribution in [3.8, 4) is 0 Å². The van der Waals surface area contributed by atoms with Crippen LogP contribution in [-0.2, 0) is 14.3 Å². The number of anilines is 1. The minimum atomic E-state index is -0.679. The lowest BCUT2D eigenvalue weighted by Crippen LogP contribution is -2.21. The van der Waals surface area contributed by atoms with Gasteiger partial charge < -0.3 is 14.8 Å². The summed E-state index contributed by atoms with van der Waals surface area (Å²) in [6.45, 7) is -0.461. The Morgan fingerprint density at radius 3 is 2.38 bits per heavy atom. The lowest BCUT2D eigenvalue weighted by atomic mass is 10.2. The fraction of sp³-hybridized carbons (Fsp3) is 0.167. The first-order valence-electron chi connectivity index (χ1n) is 7.43. The molecule has 0 heterocycles. The first kappa shape index (κ1) is 19.8. The zero-order valence-electron chi connectivity index (χ0n) is 14.1. The number of methoxy groups -OCH3 is 1. The summed E-state index contributed by atoms with van der Waals surface area (Å²) >= 11 is 7.46. The lowest BCUT2D eigenvalue weighted by molar-refractivity contribution is -0.119. The molecule has 0 aliphatic rings. The van der Waals surface area contributed by atoms with Gasteiger partial charge in [-0.05, 0) is 48.7 Å². The third-order valence-corrected chi connectivity index (χ3v) is 4.37. The van der Waals surface area contributed by atoms with Gasteiger partial charge in [-0.2, -0.15) is 0 Å². The number of nitrogens with one attached hydrogen (secondary N) is 1. The first-order valence-corrected chi connectivity index (χ1v) is 9.03. The van der Waals surface area contributed by atoms with E-state index < -0.39 is 24.5 Å². The second kappa shape index (κ2) is 9.26. The molecule has 0 saturated carbocycles. The molecule has 0 saturated heterocycles. The molecule has 0 aromatic heterocycles. The molecule has 1 N–H and O–H groups in total. The van der Waals surface area contributed by atoms with E-state index in [1.165, 1.54) is 31.0 Å². The summed E-state index contributed by atoms with van der Waals surface area (Å²) in [6.07, 6.45) is 1.87. The van der Waals surface area contributed by atoms with Crippen LogP contribution < -0.4 is 5.32 Å². The number of thioether (sulfide) groups is 1. The number of halogens is 1. The van der Waals surface area contributed by atoms with Gasteiger partial charge in [-0.15, -0.1) is 11.8 Å². The molecular weight excluding hydrogens is 378 g/mol. The van der Waals surface area contributed by atoms with Crippen LogP contribution in [0.15, 0.2) is 47.4 Å². The van der Waals surface area contributed by atoms with Gasteiger partial charge in [0.05, 0.1) is 23.3 Å². The molecule has 8 heteroatoms. The number of hydrogen-bond acceptors (Lipinski definition) is 6. The molecule has 2 rings (SSSR count). The Morgan fingerprint density at radius 1 is 1.08 bits per heavy atom. The summed E-state index contributed by atoms with van der Waals surface area (Å²) in [4.78, 5) is 36.2. The summed E-state index contributed by atoms with van der Waals surface area (Å²) in [5.74, 6) is -1.66. The highest BCUT2D eigenvalue weighted by molar-refractivity contribution is 7.98. The highest BCUT2D eigenvalue weighted by atomic mass is 35.5. The van der Waals surface area contributed by atoms with Crippen molar-refractivity contribution in [3.63, 3.8) is 0 Å². The van der Waals surface area contributed by atoms with Crippen molar-refractivity contribution in [1.82, 2.24) is 0 Å². The van der Waals surface area contributed by atoms with Crippen molar-refractivity contribution in [2.75, 3.05) is 25.3 Å². The van der Waals surface area contributed by atoms with Crippen molar-refractivity contribution in [1.29, 1.82) is 0 Å². The zero-order chi connectivity index (χ0) is 19.1. The molecule has 2 aromatic rings. The summed E-state index contributed by atoms with van der Waals surface area (Å²) in [5.41, 5.74) is 1.02. The van der Waals surface area contributed by atoms with E-state index in [9.17, 15) is 14.4 Å². The van der Waals surface area contributed by atoms with Crippen LogP contribution in [0.2, 0.25) is 5.02 Å². The van der Waals surface area contributed by atoms with Crippen molar-refractivity contribution in [2.24, 2.45) is 0 Å². The predicted molar refractivity (Wildman–Crippen MR) is 99.9 cm³/mol. The molecular formula is C18H16ClNO5S. The van der Waals surface area contributed by atoms with Gasteiger partial charge in [0.15, 0.2) is 6.61 Å². The van der Waals surface area contributed by atoms with Crippen LogP contribution in [-0.4, -0.2) is 37.8 Å². The van der Waals surface area contributed by atoms with E-state index >= 15 is 0 Å². The summed E-state index contributed by atoms with van der Waals surface area (Å²) < 4.78 is 9.60. The quantitative estimate of drug-likeness (QED) is 0.596. The van der Waals surface area contributed by atoms with Crippen molar-refractivity contribution >= 4 is 46.9 Å². The molecule has 0 aliphatic carbocycles. The minimum Gasteiger partial charge on any atom is -0.465 e. The smallest absolute Gasteiger partial charge is 0.340 e. The number of carbonyl (C=O) groups excluding carboxylic acids is 3. The average molecular weight is 394 g/mol. The van der Waals surface area contributed by atoms with Gasteiger partial charge in [0, 0.05) is 10.6 Å². The van der Waals surface area contributed by atoms with Gasteiger partial charge in [-0.25, -0.2) is 9.59 Å². The normalized spacial score (nSPS) is 10.1. The molecule has 136 valence electrons. The fourth-order valence-electron chi connectivity index (χ4n) is 2.00. The molecule has 0 spiro atoms. The summed E-state index contributed by atoms with van der Waals surface area (Å²) in [6, 6.07) is 11.1. The number of amides is 1. The Balaban J connectivity index is 1.92. The highest BCUT2D eigenvalue weighted by Crippen LogP contribution is 2.23. The molecule has 26 heavy (non-hydrogen) atoms. The Labute approximate surface area is 159 Å². The Bertz CT molecular complexity index is 823. The molecule has 1 amide bonds. The van der Waals surface area contributed by atoms with Crippen LogP contribution in [0.4, 0.5) is 5.69 Å². The highest BCUT2D eigenvalue weighted by Gasteiger charge is 2.15. The van der Waals surface area contributed by atoms with Crippen LogP contribution in [0, 0.1) is 0 Å². The van der Waals surface area contributed by atoms with Crippen LogP contribution in [0.1, 0.15) is 20.7 Å². The average Bonchev–Trinajstić information content (AvgIpc) is 2.66. The van der Waals surface area contributed by atoms with Crippen molar-refractivity contribution in [2.45, 2.75) is 4.90 Å². The van der Waals surface area contributed by atoms with Crippen molar-refractivity contribution < 1.29 is 23.9 Å². The van der Waals surface area contributed by atoms with Gasteiger partial charge in [-0.1, -0.05) is 11.6 Å². The number of ether oxygens (including phenoxy) is 2. The number of rotatable bonds is 6. The van der Waals surface area contributed by atoms with E-state index in [-0.39, 0.29) is 10.6 Å². The van der Waals surface area contributed by atoms with Crippen LogP contribution >= 0.6 is 23.4 Å². The Hall–Kier alpha value is -2.51. The number of carbonyl (C=O) groups is 3. The van der Waals surface area contributed by atoms with Crippen LogP contribution in [0.25, 0.3) is 0 Å². The molecule has 0 unspecified atom stereocenters. The van der Waals surface area contributed by atoms with Gasteiger partial charge >= 0.3 is 11.9 Å². The standard InChI is InChI=1S/C18H16ClNO5S/c1-24-17(22)11-3-5-12(6-4-11)20-16(21)10-25-18(23)14-9-13(26-2)7-8-15(14)19/h3-9H,10H2,1-2H3,(H,20,21). The third kappa shape index (κ3) is 5.24. The lowest BCUT2D eigenvalue weighted by Gasteiger charge is -2.09. The maximum absolute atomic E-state index is 12.1. The molecule has 6 nitrogen and oxygen atoms in total. The molecule has 0 aliphatic heterocycles. The molecule has 0 atom stereocenters. The number of esters is 2. The van der Waals surface area contributed by atoms with Crippen molar-refractivity contribution in [3.05, 3.63) is 58.6 Å². The fourth-order valence-corrected chi connectivity index (χ4v) is 2.64.